The molecule has 5 rings (SSSR count). The van der Waals surface area contributed by atoms with E-state index in [1.165, 1.54) is 6.08 Å². The fraction of sp³-hybridized carbons (Fsp3) is 0.216. The fourth-order valence-corrected chi connectivity index (χ4v) is 4.87. The van der Waals surface area contributed by atoms with Gasteiger partial charge in [-0.1, -0.05) is 60.7 Å². The van der Waals surface area contributed by atoms with Crippen molar-refractivity contribution in [2.24, 2.45) is 0 Å². The number of rotatable bonds is 13. The Labute approximate surface area is 272 Å². The molecule has 4 aromatic carbocycles. The minimum Gasteiger partial charge on any atom is -0.497 e. The molecule has 0 N–H and O–H groups in total. The zero-order valence-electron chi connectivity index (χ0n) is 25.6. The molecular formula is C37H34O10. The summed E-state index contributed by atoms with van der Waals surface area (Å²) in [5.74, 6) is -1.05. The maximum Gasteiger partial charge on any atom is 0.338 e. The van der Waals surface area contributed by atoms with Gasteiger partial charge < -0.3 is 33.2 Å². The summed E-state index contributed by atoms with van der Waals surface area (Å²) in [6.45, 7) is 3.37. The molecule has 0 saturated carbocycles. The normalized spacial score (nSPS) is 20.3. The zero-order chi connectivity index (χ0) is 33.0. The lowest BCUT2D eigenvalue weighted by Crippen LogP contribution is -2.63. The molecule has 1 aliphatic heterocycles. The number of carbonyl (C=O) groups excluding carboxylic acids is 3. The van der Waals surface area contributed by atoms with Crippen molar-refractivity contribution >= 4 is 17.9 Å². The Morgan fingerprint density at radius 2 is 1.15 bits per heavy atom. The highest BCUT2D eigenvalue weighted by Gasteiger charge is 2.53. The summed E-state index contributed by atoms with van der Waals surface area (Å²) in [5, 5.41) is 0. The van der Waals surface area contributed by atoms with E-state index in [-0.39, 0.29) is 24.3 Å². The summed E-state index contributed by atoms with van der Waals surface area (Å²) in [6, 6.07) is 31.8. The fourth-order valence-electron chi connectivity index (χ4n) is 4.87. The van der Waals surface area contributed by atoms with E-state index in [2.05, 4.69) is 6.58 Å². The SMILES string of the molecule is C=CCO[C@H]1[C@H](Oc2ccc(OC)cc2)O[C@H](COC(=O)c2ccccc2)[C@H](OC(=O)c2ccccc2)[C@@H]1OC(=O)c1ccccc1. The number of benzene rings is 4. The molecule has 0 unspecified atom stereocenters. The maximum absolute atomic E-state index is 13.5. The first-order chi connectivity index (χ1) is 23.0. The average Bonchev–Trinajstić information content (AvgIpc) is 3.12. The molecule has 1 heterocycles. The van der Waals surface area contributed by atoms with E-state index in [1.807, 2.05) is 0 Å². The molecule has 0 amide bonds. The molecule has 0 radical (unpaired) electrons. The van der Waals surface area contributed by atoms with Crippen LogP contribution in [0, 0.1) is 0 Å². The molecule has 5 atom stereocenters. The molecule has 242 valence electrons. The van der Waals surface area contributed by atoms with Crippen molar-refractivity contribution in [1.82, 2.24) is 0 Å². The van der Waals surface area contributed by atoms with Crippen LogP contribution in [0.1, 0.15) is 31.1 Å². The third kappa shape index (κ3) is 8.63. The van der Waals surface area contributed by atoms with Gasteiger partial charge in [-0.3, -0.25) is 0 Å². The summed E-state index contributed by atoms with van der Waals surface area (Å²) in [4.78, 5) is 39.9. The lowest BCUT2D eigenvalue weighted by atomic mass is 9.97. The second-order valence-corrected chi connectivity index (χ2v) is 10.4. The lowest BCUT2D eigenvalue weighted by molar-refractivity contribution is -0.284. The van der Waals surface area contributed by atoms with Gasteiger partial charge in [-0.15, -0.1) is 6.58 Å². The Kier molecular flexibility index (Phi) is 11.4. The monoisotopic (exact) mass is 638 g/mol. The molecule has 10 heteroatoms. The van der Waals surface area contributed by atoms with Crippen molar-refractivity contribution in [1.29, 1.82) is 0 Å². The van der Waals surface area contributed by atoms with Crippen LogP contribution in [0.3, 0.4) is 0 Å². The Morgan fingerprint density at radius 1 is 0.660 bits per heavy atom. The number of esters is 3. The number of ether oxygens (including phenoxy) is 7. The number of hydrogen-bond donors (Lipinski definition) is 0. The first kappa shape index (κ1) is 32.9. The minimum absolute atomic E-state index is 0.0168. The Morgan fingerprint density at radius 3 is 1.66 bits per heavy atom. The van der Waals surface area contributed by atoms with Gasteiger partial charge in [0.1, 0.15) is 24.2 Å². The predicted octanol–water partition coefficient (Wildman–Crippen LogP) is 5.68. The van der Waals surface area contributed by atoms with Crippen molar-refractivity contribution in [2.45, 2.75) is 30.7 Å². The second kappa shape index (κ2) is 16.2. The van der Waals surface area contributed by atoms with Crippen LogP contribution in [0.4, 0.5) is 0 Å². The Hall–Kier alpha value is -5.45. The first-order valence-electron chi connectivity index (χ1n) is 14.9. The van der Waals surface area contributed by atoms with Crippen molar-refractivity contribution in [3.8, 4) is 11.5 Å². The van der Waals surface area contributed by atoms with Crippen LogP contribution in [0.2, 0.25) is 0 Å². The van der Waals surface area contributed by atoms with E-state index in [1.54, 1.807) is 122 Å². The van der Waals surface area contributed by atoms with E-state index >= 15 is 0 Å². The second-order valence-electron chi connectivity index (χ2n) is 10.4. The van der Waals surface area contributed by atoms with Gasteiger partial charge in [-0.2, -0.15) is 0 Å². The van der Waals surface area contributed by atoms with Crippen molar-refractivity contribution in [2.75, 3.05) is 20.3 Å². The molecule has 1 fully saturated rings. The van der Waals surface area contributed by atoms with Crippen molar-refractivity contribution < 1.29 is 47.5 Å². The van der Waals surface area contributed by atoms with Gasteiger partial charge in [0, 0.05) is 0 Å². The van der Waals surface area contributed by atoms with Gasteiger partial charge in [-0.25, -0.2) is 14.4 Å². The Bertz CT molecular complexity index is 1610. The van der Waals surface area contributed by atoms with Crippen LogP contribution < -0.4 is 9.47 Å². The van der Waals surface area contributed by atoms with Crippen molar-refractivity contribution in [3.63, 3.8) is 0 Å². The molecule has 0 aromatic heterocycles. The molecule has 1 aliphatic rings. The quantitative estimate of drug-likeness (QED) is 0.103. The van der Waals surface area contributed by atoms with Gasteiger partial charge in [0.15, 0.2) is 18.3 Å². The van der Waals surface area contributed by atoms with Gasteiger partial charge in [0.05, 0.1) is 30.4 Å². The standard InChI is InChI=1S/C37H34O10/c1-3-23-42-33-32(47-36(40)27-17-11-6-12-18-27)31(46-35(39)26-15-9-5-10-16-26)30(24-43-34(38)25-13-7-4-8-14-25)45-37(33)44-29-21-19-28(41-2)20-22-29/h3-22,30-33,37H,1,23-24H2,2H3/t30-,31+,32+,33-,37-/m1/s1. The number of carbonyl (C=O) groups is 3. The third-order valence-corrected chi connectivity index (χ3v) is 7.20. The summed E-state index contributed by atoms with van der Waals surface area (Å²) >= 11 is 0. The third-order valence-electron chi connectivity index (χ3n) is 7.20. The van der Waals surface area contributed by atoms with E-state index in [0.29, 0.717) is 17.1 Å². The molecular weight excluding hydrogens is 604 g/mol. The van der Waals surface area contributed by atoms with Gasteiger partial charge >= 0.3 is 17.9 Å². The summed E-state index contributed by atoms with van der Waals surface area (Å²) in [7, 11) is 1.54. The molecule has 47 heavy (non-hydrogen) atoms. The van der Waals surface area contributed by atoms with Crippen LogP contribution in [-0.4, -0.2) is 68.9 Å². The van der Waals surface area contributed by atoms with E-state index in [0.717, 1.165) is 0 Å². The lowest BCUT2D eigenvalue weighted by Gasteiger charge is -2.44. The highest BCUT2D eigenvalue weighted by molar-refractivity contribution is 5.91. The molecule has 0 bridgehead atoms. The summed E-state index contributed by atoms with van der Waals surface area (Å²) in [5.41, 5.74) is 0.821. The smallest absolute Gasteiger partial charge is 0.338 e. The number of hydrogen-bond acceptors (Lipinski definition) is 10. The van der Waals surface area contributed by atoms with Crippen LogP contribution in [-0.2, 0) is 23.7 Å². The van der Waals surface area contributed by atoms with Gasteiger partial charge in [-0.05, 0) is 60.7 Å². The van der Waals surface area contributed by atoms with Crippen LogP contribution in [0.15, 0.2) is 128 Å². The van der Waals surface area contributed by atoms with Gasteiger partial charge in [0.2, 0.25) is 6.29 Å². The molecule has 4 aromatic rings. The average molecular weight is 639 g/mol. The number of methoxy groups -OCH3 is 1. The van der Waals surface area contributed by atoms with Crippen LogP contribution in [0.25, 0.3) is 0 Å². The molecule has 0 spiro atoms. The van der Waals surface area contributed by atoms with E-state index in [9.17, 15) is 14.4 Å². The minimum atomic E-state index is -1.30. The highest BCUT2D eigenvalue weighted by atomic mass is 16.7. The summed E-state index contributed by atoms with van der Waals surface area (Å²) in [6.07, 6.45) is -4.58. The highest BCUT2D eigenvalue weighted by Crippen LogP contribution is 2.32. The van der Waals surface area contributed by atoms with Crippen LogP contribution >= 0.6 is 0 Å². The molecule has 0 aliphatic carbocycles. The maximum atomic E-state index is 13.5. The zero-order valence-corrected chi connectivity index (χ0v) is 25.6. The predicted molar refractivity (Wildman–Crippen MR) is 170 cm³/mol. The first-order valence-corrected chi connectivity index (χ1v) is 14.9. The Balaban J connectivity index is 1.52. The van der Waals surface area contributed by atoms with Crippen LogP contribution in [0.5, 0.6) is 11.5 Å². The van der Waals surface area contributed by atoms with Gasteiger partial charge in [0.25, 0.3) is 0 Å². The largest absolute Gasteiger partial charge is 0.497 e. The molecule has 10 nitrogen and oxygen atoms in total. The van der Waals surface area contributed by atoms with Crippen molar-refractivity contribution in [3.05, 3.63) is 145 Å². The molecule has 1 saturated heterocycles. The summed E-state index contributed by atoms with van der Waals surface area (Å²) < 4.78 is 41.7. The van der Waals surface area contributed by atoms with E-state index in [4.69, 9.17) is 33.2 Å². The topological polar surface area (TPSA) is 116 Å². The van der Waals surface area contributed by atoms with E-state index < -0.39 is 48.6 Å².